The van der Waals surface area contributed by atoms with Gasteiger partial charge in [-0.2, -0.15) is 0 Å². The third-order valence-corrected chi connectivity index (χ3v) is 3.66. The molecule has 0 aromatic carbocycles. The molecule has 4 nitrogen and oxygen atoms in total. The van der Waals surface area contributed by atoms with Crippen LogP contribution in [0, 0.1) is 5.41 Å². The van der Waals surface area contributed by atoms with Gasteiger partial charge in [-0.3, -0.25) is 4.90 Å². The number of ether oxygens (including phenoxy) is 2. The fourth-order valence-corrected chi connectivity index (χ4v) is 2.64. The zero-order chi connectivity index (χ0) is 15.3. The van der Waals surface area contributed by atoms with E-state index < -0.39 is 0 Å². The molecule has 0 fully saturated rings. The Morgan fingerprint density at radius 2 is 1.60 bits per heavy atom. The SMILES string of the molecule is CCCNCC(C)(CCC)CN(CCOC)CCOC. The summed E-state index contributed by atoms with van der Waals surface area (Å²) in [5.74, 6) is 0. The highest BCUT2D eigenvalue weighted by atomic mass is 16.5. The highest BCUT2D eigenvalue weighted by Crippen LogP contribution is 2.24. The van der Waals surface area contributed by atoms with Crippen LogP contribution in [-0.4, -0.2) is 65.1 Å². The van der Waals surface area contributed by atoms with E-state index in [1.165, 1.54) is 19.3 Å². The van der Waals surface area contributed by atoms with Crippen molar-refractivity contribution in [3.8, 4) is 0 Å². The molecule has 0 bridgehead atoms. The van der Waals surface area contributed by atoms with Crippen LogP contribution in [0.3, 0.4) is 0 Å². The Bertz CT molecular complexity index is 207. The second-order valence-electron chi connectivity index (χ2n) is 6.00. The molecule has 0 amide bonds. The molecule has 20 heavy (non-hydrogen) atoms. The molecule has 0 aromatic rings. The third kappa shape index (κ3) is 9.70. The number of methoxy groups -OCH3 is 2. The van der Waals surface area contributed by atoms with E-state index in [0.717, 1.165) is 45.9 Å². The van der Waals surface area contributed by atoms with E-state index in [1.54, 1.807) is 14.2 Å². The van der Waals surface area contributed by atoms with Gasteiger partial charge in [0.2, 0.25) is 0 Å². The zero-order valence-electron chi connectivity index (χ0n) is 14.3. The van der Waals surface area contributed by atoms with Crippen molar-refractivity contribution in [2.75, 3.05) is 60.2 Å². The molecule has 0 aliphatic carbocycles. The summed E-state index contributed by atoms with van der Waals surface area (Å²) in [5, 5.41) is 3.59. The Labute approximate surface area is 126 Å². The second kappa shape index (κ2) is 12.6. The van der Waals surface area contributed by atoms with Gasteiger partial charge in [-0.05, 0) is 24.8 Å². The molecule has 1 unspecified atom stereocenters. The summed E-state index contributed by atoms with van der Waals surface area (Å²) in [4.78, 5) is 2.47. The molecule has 1 N–H and O–H groups in total. The summed E-state index contributed by atoms with van der Waals surface area (Å²) in [6.45, 7) is 13.7. The van der Waals surface area contributed by atoms with Crippen LogP contribution < -0.4 is 5.32 Å². The molecule has 0 heterocycles. The van der Waals surface area contributed by atoms with Crippen LogP contribution in [0.5, 0.6) is 0 Å². The first-order valence-corrected chi connectivity index (χ1v) is 8.02. The molecule has 0 spiro atoms. The first kappa shape index (κ1) is 19.8. The molecule has 0 rings (SSSR count). The number of rotatable bonds is 14. The van der Waals surface area contributed by atoms with Crippen molar-refractivity contribution in [3.63, 3.8) is 0 Å². The van der Waals surface area contributed by atoms with Gasteiger partial charge in [-0.1, -0.05) is 27.2 Å². The lowest BCUT2D eigenvalue weighted by Gasteiger charge is -2.36. The van der Waals surface area contributed by atoms with E-state index in [2.05, 4.69) is 31.0 Å². The van der Waals surface area contributed by atoms with Crippen LogP contribution in [0.4, 0.5) is 0 Å². The van der Waals surface area contributed by atoms with Crippen molar-refractivity contribution in [1.29, 1.82) is 0 Å². The Morgan fingerprint density at radius 3 is 2.05 bits per heavy atom. The molecular formula is C16H36N2O2. The number of hydrogen-bond donors (Lipinski definition) is 1. The molecule has 0 aliphatic heterocycles. The Balaban J connectivity index is 4.42. The van der Waals surface area contributed by atoms with Gasteiger partial charge in [-0.15, -0.1) is 0 Å². The molecule has 0 saturated heterocycles. The molecule has 1 atom stereocenters. The van der Waals surface area contributed by atoms with Gasteiger partial charge in [0.1, 0.15) is 0 Å². The first-order chi connectivity index (χ1) is 9.61. The fourth-order valence-electron chi connectivity index (χ4n) is 2.64. The summed E-state index contributed by atoms with van der Waals surface area (Å²) >= 11 is 0. The molecule has 0 radical (unpaired) electrons. The minimum absolute atomic E-state index is 0.325. The maximum absolute atomic E-state index is 5.23. The van der Waals surface area contributed by atoms with Crippen molar-refractivity contribution in [2.24, 2.45) is 5.41 Å². The van der Waals surface area contributed by atoms with Crippen molar-refractivity contribution < 1.29 is 9.47 Å². The van der Waals surface area contributed by atoms with E-state index in [4.69, 9.17) is 9.47 Å². The first-order valence-electron chi connectivity index (χ1n) is 8.02. The summed E-state index contributed by atoms with van der Waals surface area (Å²) in [6, 6.07) is 0. The highest BCUT2D eigenvalue weighted by Gasteiger charge is 2.25. The summed E-state index contributed by atoms with van der Waals surface area (Å²) in [5.41, 5.74) is 0.325. The maximum atomic E-state index is 5.23. The van der Waals surface area contributed by atoms with E-state index in [9.17, 15) is 0 Å². The minimum Gasteiger partial charge on any atom is -0.383 e. The van der Waals surface area contributed by atoms with Gasteiger partial charge < -0.3 is 14.8 Å². The summed E-state index contributed by atoms with van der Waals surface area (Å²) < 4.78 is 10.5. The fraction of sp³-hybridized carbons (Fsp3) is 1.00. The standard InChI is InChI=1S/C16H36N2O2/c1-6-8-16(3,14-17-9-7-2)15-18(10-12-19-4)11-13-20-5/h17H,6-15H2,1-5H3. The Morgan fingerprint density at radius 1 is 1.00 bits per heavy atom. The van der Waals surface area contributed by atoms with Crippen LogP contribution in [0.1, 0.15) is 40.0 Å². The number of nitrogens with zero attached hydrogens (tertiary/aromatic N) is 1. The predicted molar refractivity (Wildman–Crippen MR) is 86.4 cm³/mol. The van der Waals surface area contributed by atoms with E-state index in [0.29, 0.717) is 5.41 Å². The largest absolute Gasteiger partial charge is 0.383 e. The molecular weight excluding hydrogens is 252 g/mol. The predicted octanol–water partition coefficient (Wildman–Crippen LogP) is 2.39. The number of nitrogens with one attached hydrogen (secondary N) is 1. The lowest BCUT2D eigenvalue weighted by Crippen LogP contribution is -2.44. The van der Waals surface area contributed by atoms with Crippen LogP contribution >= 0.6 is 0 Å². The molecule has 0 aliphatic rings. The Hall–Kier alpha value is -0.160. The van der Waals surface area contributed by atoms with Gasteiger partial charge in [0.05, 0.1) is 13.2 Å². The third-order valence-electron chi connectivity index (χ3n) is 3.66. The minimum atomic E-state index is 0.325. The average molecular weight is 288 g/mol. The van der Waals surface area contributed by atoms with Gasteiger partial charge in [0.15, 0.2) is 0 Å². The molecule has 0 saturated carbocycles. The van der Waals surface area contributed by atoms with Crippen molar-refractivity contribution >= 4 is 0 Å². The van der Waals surface area contributed by atoms with Crippen LogP contribution in [0.25, 0.3) is 0 Å². The van der Waals surface area contributed by atoms with Gasteiger partial charge in [0.25, 0.3) is 0 Å². The van der Waals surface area contributed by atoms with Gasteiger partial charge in [-0.25, -0.2) is 0 Å². The van der Waals surface area contributed by atoms with Gasteiger partial charge >= 0.3 is 0 Å². The zero-order valence-corrected chi connectivity index (χ0v) is 14.3. The topological polar surface area (TPSA) is 33.7 Å². The van der Waals surface area contributed by atoms with Gasteiger partial charge in [0, 0.05) is 40.4 Å². The maximum Gasteiger partial charge on any atom is 0.0589 e. The van der Waals surface area contributed by atoms with Crippen LogP contribution in [-0.2, 0) is 9.47 Å². The quantitative estimate of drug-likeness (QED) is 0.498. The summed E-state index contributed by atoms with van der Waals surface area (Å²) in [7, 11) is 3.53. The smallest absolute Gasteiger partial charge is 0.0589 e. The van der Waals surface area contributed by atoms with E-state index in [1.807, 2.05) is 0 Å². The lowest BCUT2D eigenvalue weighted by molar-refractivity contribution is 0.0802. The van der Waals surface area contributed by atoms with Crippen LogP contribution in [0.15, 0.2) is 0 Å². The molecule has 0 aromatic heterocycles. The van der Waals surface area contributed by atoms with Crippen LogP contribution in [0.2, 0.25) is 0 Å². The van der Waals surface area contributed by atoms with E-state index in [-0.39, 0.29) is 0 Å². The number of hydrogen-bond acceptors (Lipinski definition) is 4. The van der Waals surface area contributed by atoms with E-state index >= 15 is 0 Å². The van der Waals surface area contributed by atoms with Crippen molar-refractivity contribution in [3.05, 3.63) is 0 Å². The Kier molecular flexibility index (Phi) is 12.5. The average Bonchev–Trinajstić information content (AvgIpc) is 2.42. The molecule has 4 heteroatoms. The van der Waals surface area contributed by atoms with Crippen molar-refractivity contribution in [1.82, 2.24) is 10.2 Å². The normalized spacial score (nSPS) is 14.7. The molecule has 122 valence electrons. The monoisotopic (exact) mass is 288 g/mol. The lowest BCUT2D eigenvalue weighted by atomic mass is 9.84. The highest BCUT2D eigenvalue weighted by molar-refractivity contribution is 4.81. The van der Waals surface area contributed by atoms with Crippen molar-refractivity contribution in [2.45, 2.75) is 40.0 Å². The summed E-state index contributed by atoms with van der Waals surface area (Å²) in [6.07, 6.45) is 3.67. The second-order valence-corrected chi connectivity index (χ2v) is 6.00.